The Morgan fingerprint density at radius 1 is 1.30 bits per heavy atom. The number of rotatable bonds is 4. The summed E-state index contributed by atoms with van der Waals surface area (Å²) in [7, 11) is 1.21. The van der Waals surface area contributed by atoms with E-state index in [1.165, 1.54) is 23.1 Å². The Morgan fingerprint density at radius 2 is 2.11 bits per heavy atom. The molecular formula is C30H35FN6O7. The molecule has 6 aliphatic rings. The average molecular weight is 611 g/mol. The summed E-state index contributed by atoms with van der Waals surface area (Å²) in [6.07, 6.45) is 1.08. The molecule has 44 heavy (non-hydrogen) atoms. The van der Waals surface area contributed by atoms with Gasteiger partial charge < -0.3 is 34.6 Å². The largest absolute Gasteiger partial charge is 0.472 e. The highest BCUT2D eigenvalue weighted by atomic mass is 19.1. The van der Waals surface area contributed by atoms with E-state index in [9.17, 15) is 24.4 Å². The average Bonchev–Trinajstić information content (AvgIpc) is 3.83. The fourth-order valence-electron chi connectivity index (χ4n) is 8.71. The minimum Gasteiger partial charge on any atom is -0.472 e. The molecule has 4 amide bonds. The second kappa shape index (κ2) is 10.3. The van der Waals surface area contributed by atoms with Crippen LogP contribution in [0.3, 0.4) is 0 Å². The number of hydrogen-bond donors (Lipinski definition) is 2. The number of halogens is 1. The molecule has 3 saturated heterocycles. The van der Waals surface area contributed by atoms with Gasteiger partial charge in [-0.1, -0.05) is 6.92 Å². The summed E-state index contributed by atoms with van der Waals surface area (Å²) in [6.45, 7) is 2.48. The molecule has 13 nitrogen and oxygen atoms in total. The Morgan fingerprint density at radius 3 is 2.84 bits per heavy atom. The van der Waals surface area contributed by atoms with Gasteiger partial charge >= 0.3 is 6.09 Å². The number of pyridine rings is 1. The van der Waals surface area contributed by atoms with Crippen LogP contribution in [0.1, 0.15) is 32.6 Å². The first-order valence-corrected chi connectivity index (χ1v) is 15.1. The highest BCUT2D eigenvalue weighted by Gasteiger charge is 2.65. The van der Waals surface area contributed by atoms with E-state index < -0.39 is 71.0 Å². The number of ether oxygens (including phenoxy) is 3. The van der Waals surface area contributed by atoms with Crippen molar-refractivity contribution in [2.45, 2.75) is 62.5 Å². The van der Waals surface area contributed by atoms with E-state index in [1.54, 1.807) is 12.1 Å². The van der Waals surface area contributed by atoms with Crippen molar-refractivity contribution in [3.63, 3.8) is 0 Å². The molecule has 2 aliphatic carbocycles. The monoisotopic (exact) mass is 610 g/mol. The number of carbonyl (C=O) groups is 4. The van der Waals surface area contributed by atoms with E-state index in [-0.39, 0.29) is 43.8 Å². The SMILES string of the molecule is COC(=O)NC(C(=O)N1C[C@@H]2[C@H]3C[C@@H]([C@@H]2[C@H]1C(=O)N1C[C@@]2(C[C@H]1C#N)Oc1cccnc1NC2=O)[C@H](F)C3)C1(C)CCOC1. The highest BCUT2D eigenvalue weighted by molar-refractivity contribution is 6.01. The van der Waals surface area contributed by atoms with Crippen LogP contribution in [-0.4, -0.2) is 102 Å². The van der Waals surface area contributed by atoms with Crippen molar-refractivity contribution in [1.82, 2.24) is 20.1 Å². The van der Waals surface area contributed by atoms with Gasteiger partial charge in [-0.3, -0.25) is 14.4 Å². The molecule has 10 atom stereocenters. The van der Waals surface area contributed by atoms with Gasteiger partial charge in [-0.2, -0.15) is 5.26 Å². The minimum absolute atomic E-state index is 0.0265. The molecule has 2 N–H and O–H groups in total. The predicted octanol–water partition coefficient (Wildman–Crippen LogP) is 1.25. The smallest absolute Gasteiger partial charge is 0.407 e. The Balaban J connectivity index is 1.23. The molecule has 2 saturated carbocycles. The lowest BCUT2D eigenvalue weighted by molar-refractivity contribution is -0.149. The zero-order chi connectivity index (χ0) is 31.0. The molecule has 14 heteroatoms. The van der Waals surface area contributed by atoms with Gasteiger partial charge in [0, 0.05) is 31.2 Å². The molecule has 1 spiro atoms. The molecule has 5 fully saturated rings. The number of nitrogens with zero attached hydrogens (tertiary/aromatic N) is 4. The van der Waals surface area contributed by atoms with E-state index >= 15 is 4.39 Å². The summed E-state index contributed by atoms with van der Waals surface area (Å²) in [5.74, 6) is -1.86. The van der Waals surface area contributed by atoms with Crippen LogP contribution < -0.4 is 15.4 Å². The third kappa shape index (κ3) is 4.22. The minimum atomic E-state index is -1.53. The quantitative estimate of drug-likeness (QED) is 0.511. The Bertz CT molecular complexity index is 1450. The lowest BCUT2D eigenvalue weighted by atomic mass is 9.77. The first-order chi connectivity index (χ1) is 21.1. The van der Waals surface area contributed by atoms with Crippen molar-refractivity contribution in [2.24, 2.45) is 29.1 Å². The van der Waals surface area contributed by atoms with Crippen LogP contribution in [0, 0.1) is 40.4 Å². The maximum atomic E-state index is 15.3. The van der Waals surface area contributed by atoms with Crippen molar-refractivity contribution in [3.05, 3.63) is 18.3 Å². The molecule has 5 heterocycles. The third-order valence-electron chi connectivity index (χ3n) is 10.9. The second-order valence-corrected chi connectivity index (χ2v) is 13.3. The van der Waals surface area contributed by atoms with E-state index in [1.807, 2.05) is 6.92 Å². The summed E-state index contributed by atoms with van der Waals surface area (Å²) in [5, 5.41) is 15.6. The number of hydrogen-bond acceptors (Lipinski definition) is 9. The van der Waals surface area contributed by atoms with Crippen LogP contribution in [0.4, 0.5) is 15.0 Å². The van der Waals surface area contributed by atoms with Crippen LogP contribution in [0.2, 0.25) is 0 Å². The number of alkyl halides is 1. The van der Waals surface area contributed by atoms with Gasteiger partial charge in [-0.25, -0.2) is 14.2 Å². The molecule has 234 valence electrons. The number of carbonyl (C=O) groups excluding carboxylic acids is 4. The Hall–Kier alpha value is -3.99. The molecule has 2 unspecified atom stereocenters. The summed E-state index contributed by atoms with van der Waals surface area (Å²) in [4.78, 5) is 61.8. The number of nitrogens with one attached hydrogen (secondary N) is 2. The van der Waals surface area contributed by atoms with Crippen molar-refractivity contribution < 1.29 is 37.8 Å². The highest BCUT2D eigenvalue weighted by Crippen LogP contribution is 2.59. The van der Waals surface area contributed by atoms with E-state index in [0.29, 0.717) is 31.6 Å². The number of alkyl carbamates (subject to hydrolysis) is 1. The second-order valence-electron chi connectivity index (χ2n) is 13.3. The van der Waals surface area contributed by atoms with Crippen LogP contribution >= 0.6 is 0 Å². The van der Waals surface area contributed by atoms with Gasteiger partial charge in [-0.15, -0.1) is 0 Å². The first kappa shape index (κ1) is 28.8. The van der Waals surface area contributed by atoms with Crippen molar-refractivity contribution in [2.75, 3.05) is 38.7 Å². The van der Waals surface area contributed by atoms with Gasteiger partial charge in [0.1, 0.15) is 24.3 Å². The molecule has 1 aromatic heterocycles. The maximum absolute atomic E-state index is 15.3. The lowest BCUT2D eigenvalue weighted by Crippen LogP contribution is -2.61. The molecule has 1 aromatic rings. The lowest BCUT2D eigenvalue weighted by Gasteiger charge is -2.39. The van der Waals surface area contributed by atoms with E-state index in [0.717, 1.165) is 0 Å². The van der Waals surface area contributed by atoms with Gasteiger partial charge in [0.05, 0.1) is 26.3 Å². The molecule has 4 aliphatic heterocycles. The van der Waals surface area contributed by atoms with Crippen LogP contribution in [0.25, 0.3) is 0 Å². The van der Waals surface area contributed by atoms with E-state index in [2.05, 4.69) is 21.7 Å². The van der Waals surface area contributed by atoms with Gasteiger partial charge in [-0.05, 0) is 55.1 Å². The number of nitriles is 1. The number of amides is 4. The number of aromatic nitrogens is 1. The normalized spacial score (nSPS) is 38.9. The first-order valence-electron chi connectivity index (χ1n) is 15.1. The van der Waals surface area contributed by atoms with Gasteiger partial charge in [0.25, 0.3) is 5.91 Å². The number of methoxy groups -OCH3 is 1. The van der Waals surface area contributed by atoms with E-state index in [4.69, 9.17) is 14.2 Å². The number of likely N-dealkylation sites (tertiary alicyclic amines) is 2. The molecule has 0 radical (unpaired) electrons. The summed E-state index contributed by atoms with van der Waals surface area (Å²) in [5.41, 5.74) is -2.29. The fourth-order valence-corrected chi connectivity index (χ4v) is 8.71. The summed E-state index contributed by atoms with van der Waals surface area (Å²) >= 11 is 0. The maximum Gasteiger partial charge on any atom is 0.407 e. The third-order valence-corrected chi connectivity index (χ3v) is 10.9. The Kier molecular flexibility index (Phi) is 6.73. The topological polar surface area (TPSA) is 163 Å². The summed E-state index contributed by atoms with van der Waals surface area (Å²) < 4.78 is 31.8. The number of fused-ring (bicyclic) bond motifs is 6. The summed E-state index contributed by atoms with van der Waals surface area (Å²) in [6, 6.07) is 2.31. The van der Waals surface area contributed by atoms with Gasteiger partial charge in [0.2, 0.25) is 17.4 Å². The van der Waals surface area contributed by atoms with Crippen molar-refractivity contribution in [1.29, 1.82) is 5.26 Å². The molecule has 2 bridgehead atoms. The molecule has 0 aromatic carbocycles. The van der Waals surface area contributed by atoms with Crippen LogP contribution in [0.5, 0.6) is 5.75 Å². The van der Waals surface area contributed by atoms with Crippen molar-refractivity contribution in [3.8, 4) is 11.8 Å². The zero-order valence-corrected chi connectivity index (χ0v) is 24.5. The zero-order valence-electron chi connectivity index (χ0n) is 24.5. The Labute approximate surface area is 253 Å². The number of anilines is 1. The van der Waals surface area contributed by atoms with Gasteiger partial charge in [0.15, 0.2) is 11.6 Å². The van der Waals surface area contributed by atoms with Crippen LogP contribution in [0.15, 0.2) is 18.3 Å². The molecular weight excluding hydrogens is 575 g/mol. The van der Waals surface area contributed by atoms with Crippen LogP contribution in [-0.2, 0) is 23.9 Å². The standard InChI is InChI=1S/C30H35FN6O7/c1-29(5-7-43-14-29)23(34-28(41)42-2)26(39)36-12-18-15-8-17(19(31)9-15)21(18)22(36)25(38)37-13-30(10-16(37)11-32)27(40)35-24-20(44-30)4-3-6-33-24/h3-4,6,15-19,21-23H,5,7-10,12-14H2,1-2H3,(H,34,41)(H,33,35,40)/t15-,16-,17+,18+,19+,21-,22-,23?,29?,30+/m0/s1. The molecule has 7 rings (SSSR count). The van der Waals surface area contributed by atoms with Crippen molar-refractivity contribution >= 4 is 29.6 Å². The fraction of sp³-hybridized carbons (Fsp3) is 0.667. The predicted molar refractivity (Wildman–Crippen MR) is 148 cm³/mol.